The minimum atomic E-state index is 0.562. The van der Waals surface area contributed by atoms with Gasteiger partial charge in [0.05, 0.1) is 11.3 Å². The molecule has 1 saturated carbocycles. The van der Waals surface area contributed by atoms with Gasteiger partial charge in [0.15, 0.2) is 0 Å². The molecule has 1 fully saturated rings. The molecule has 0 aliphatic heterocycles. The van der Waals surface area contributed by atoms with Crippen LogP contribution in [0.25, 0.3) is 0 Å². The third kappa shape index (κ3) is 2.70. The molecule has 0 bridgehead atoms. The van der Waals surface area contributed by atoms with Gasteiger partial charge >= 0.3 is 0 Å². The Morgan fingerprint density at radius 1 is 1.33 bits per heavy atom. The minimum Gasteiger partial charge on any atom is -0.370 e. The average Bonchev–Trinajstić information content (AvgIpc) is 2.38. The van der Waals surface area contributed by atoms with Gasteiger partial charge in [0.1, 0.15) is 6.07 Å². The molecular weight excluding hydrogens is 288 g/mol. The maximum atomic E-state index is 9.26. The second kappa shape index (κ2) is 5.75. The number of hydrogen-bond acceptors (Lipinski definition) is 2. The molecule has 0 aromatic heterocycles. The summed E-state index contributed by atoms with van der Waals surface area (Å²) in [7, 11) is 2.12. The fourth-order valence-electron chi connectivity index (χ4n) is 2.96. The number of hydrogen-bond donors (Lipinski definition) is 0. The van der Waals surface area contributed by atoms with Gasteiger partial charge in [0, 0.05) is 17.6 Å². The van der Waals surface area contributed by atoms with E-state index in [0.29, 0.717) is 12.0 Å². The Bertz CT molecular complexity index is 464. The Morgan fingerprint density at radius 2 is 2.06 bits per heavy atom. The maximum Gasteiger partial charge on any atom is 0.101 e. The SMILES string of the molecule is CC1CCCCC1N(C)c1ccc(Br)cc1C#N. The Hall–Kier alpha value is -1.01. The van der Waals surface area contributed by atoms with Gasteiger partial charge in [0.25, 0.3) is 0 Å². The second-order valence-corrected chi connectivity index (χ2v) is 6.13. The van der Waals surface area contributed by atoms with Crippen molar-refractivity contribution in [2.45, 2.75) is 38.6 Å². The molecular formula is C15H19BrN2. The second-order valence-electron chi connectivity index (χ2n) is 5.21. The zero-order valence-corrected chi connectivity index (χ0v) is 12.6. The largest absolute Gasteiger partial charge is 0.370 e. The van der Waals surface area contributed by atoms with Crippen LogP contribution in [0.2, 0.25) is 0 Å². The topological polar surface area (TPSA) is 27.0 Å². The van der Waals surface area contributed by atoms with E-state index in [0.717, 1.165) is 15.7 Å². The number of halogens is 1. The lowest BCUT2D eigenvalue weighted by molar-refractivity contribution is 0.321. The van der Waals surface area contributed by atoms with Gasteiger partial charge < -0.3 is 4.90 Å². The highest BCUT2D eigenvalue weighted by atomic mass is 79.9. The van der Waals surface area contributed by atoms with E-state index >= 15 is 0 Å². The van der Waals surface area contributed by atoms with Crippen LogP contribution in [0.5, 0.6) is 0 Å². The zero-order valence-electron chi connectivity index (χ0n) is 11.0. The van der Waals surface area contributed by atoms with Gasteiger partial charge in [-0.25, -0.2) is 0 Å². The van der Waals surface area contributed by atoms with E-state index in [1.807, 2.05) is 18.2 Å². The molecule has 2 nitrogen and oxygen atoms in total. The molecule has 1 aromatic rings. The van der Waals surface area contributed by atoms with E-state index in [9.17, 15) is 5.26 Å². The molecule has 0 heterocycles. The van der Waals surface area contributed by atoms with Crippen molar-refractivity contribution < 1.29 is 0 Å². The van der Waals surface area contributed by atoms with Crippen LogP contribution in [0, 0.1) is 17.2 Å². The lowest BCUT2D eigenvalue weighted by atomic mass is 9.84. The maximum absolute atomic E-state index is 9.26. The first-order valence-corrected chi connectivity index (χ1v) is 7.35. The van der Waals surface area contributed by atoms with Crippen LogP contribution in [0.4, 0.5) is 5.69 Å². The summed E-state index contributed by atoms with van der Waals surface area (Å²) in [5, 5.41) is 9.26. The molecule has 1 aliphatic carbocycles. The first kappa shape index (κ1) is 13.4. The van der Waals surface area contributed by atoms with Crippen LogP contribution in [0.3, 0.4) is 0 Å². The molecule has 2 rings (SSSR count). The smallest absolute Gasteiger partial charge is 0.101 e. The first-order chi connectivity index (χ1) is 8.63. The molecule has 0 spiro atoms. The summed E-state index contributed by atoms with van der Waals surface area (Å²) in [5.74, 6) is 0.707. The summed E-state index contributed by atoms with van der Waals surface area (Å²) >= 11 is 3.42. The molecule has 0 amide bonds. The number of benzene rings is 1. The minimum absolute atomic E-state index is 0.562. The van der Waals surface area contributed by atoms with Crippen LogP contribution in [-0.2, 0) is 0 Å². The van der Waals surface area contributed by atoms with Crippen LogP contribution < -0.4 is 4.90 Å². The Balaban J connectivity index is 2.28. The van der Waals surface area contributed by atoms with E-state index in [-0.39, 0.29) is 0 Å². The average molecular weight is 307 g/mol. The monoisotopic (exact) mass is 306 g/mol. The summed E-state index contributed by atoms with van der Waals surface area (Å²) in [6.07, 6.45) is 5.18. The van der Waals surface area contributed by atoms with Gasteiger partial charge in [-0.15, -0.1) is 0 Å². The molecule has 0 saturated heterocycles. The molecule has 0 N–H and O–H groups in total. The lowest BCUT2D eigenvalue weighted by Gasteiger charge is -2.38. The number of nitriles is 1. The van der Waals surface area contributed by atoms with E-state index < -0.39 is 0 Å². The van der Waals surface area contributed by atoms with Crippen LogP contribution >= 0.6 is 15.9 Å². The normalized spacial score (nSPS) is 23.4. The van der Waals surface area contributed by atoms with Crippen LogP contribution in [0.15, 0.2) is 22.7 Å². The molecule has 1 aromatic carbocycles. The summed E-state index contributed by atoms with van der Waals surface area (Å²) in [4.78, 5) is 2.30. The third-order valence-corrected chi connectivity index (χ3v) is 4.52. The highest BCUT2D eigenvalue weighted by molar-refractivity contribution is 9.10. The van der Waals surface area contributed by atoms with E-state index in [2.05, 4.69) is 40.9 Å². The van der Waals surface area contributed by atoms with Gasteiger partial charge in [-0.3, -0.25) is 0 Å². The van der Waals surface area contributed by atoms with Crippen LogP contribution in [-0.4, -0.2) is 13.1 Å². The Morgan fingerprint density at radius 3 is 2.72 bits per heavy atom. The predicted molar refractivity (Wildman–Crippen MR) is 78.7 cm³/mol. The van der Waals surface area contributed by atoms with Crippen molar-refractivity contribution >= 4 is 21.6 Å². The van der Waals surface area contributed by atoms with Crippen molar-refractivity contribution in [2.24, 2.45) is 5.92 Å². The molecule has 2 atom stereocenters. The van der Waals surface area contributed by atoms with Gasteiger partial charge in [-0.05, 0) is 37.0 Å². The van der Waals surface area contributed by atoms with Crippen molar-refractivity contribution in [3.8, 4) is 6.07 Å². The highest BCUT2D eigenvalue weighted by Gasteiger charge is 2.26. The van der Waals surface area contributed by atoms with Gasteiger partial charge in [-0.1, -0.05) is 35.7 Å². The van der Waals surface area contributed by atoms with Crippen LogP contribution in [0.1, 0.15) is 38.2 Å². The Labute approximate surface area is 118 Å². The molecule has 3 heteroatoms. The van der Waals surface area contributed by atoms with Gasteiger partial charge in [0.2, 0.25) is 0 Å². The molecule has 18 heavy (non-hydrogen) atoms. The lowest BCUT2D eigenvalue weighted by Crippen LogP contribution is -2.39. The quantitative estimate of drug-likeness (QED) is 0.813. The van der Waals surface area contributed by atoms with Crippen molar-refractivity contribution in [2.75, 3.05) is 11.9 Å². The fourth-order valence-corrected chi connectivity index (χ4v) is 3.32. The summed E-state index contributed by atoms with van der Waals surface area (Å²) in [6, 6.07) is 8.82. The fraction of sp³-hybridized carbons (Fsp3) is 0.533. The summed E-state index contributed by atoms with van der Waals surface area (Å²) in [6.45, 7) is 2.32. The van der Waals surface area contributed by atoms with E-state index in [1.54, 1.807) is 0 Å². The molecule has 2 unspecified atom stereocenters. The zero-order chi connectivity index (χ0) is 13.1. The van der Waals surface area contributed by atoms with Crippen molar-refractivity contribution in [1.82, 2.24) is 0 Å². The number of anilines is 1. The molecule has 96 valence electrons. The third-order valence-electron chi connectivity index (χ3n) is 4.02. The number of nitrogens with zero attached hydrogens (tertiary/aromatic N) is 2. The Kier molecular flexibility index (Phi) is 4.29. The molecule has 1 aliphatic rings. The highest BCUT2D eigenvalue weighted by Crippen LogP contribution is 2.32. The van der Waals surface area contributed by atoms with Crippen molar-refractivity contribution in [3.05, 3.63) is 28.2 Å². The number of rotatable bonds is 2. The van der Waals surface area contributed by atoms with E-state index in [4.69, 9.17) is 0 Å². The van der Waals surface area contributed by atoms with Crippen molar-refractivity contribution in [3.63, 3.8) is 0 Å². The first-order valence-electron chi connectivity index (χ1n) is 6.56. The van der Waals surface area contributed by atoms with E-state index in [1.165, 1.54) is 25.7 Å². The summed E-state index contributed by atoms with van der Waals surface area (Å²) < 4.78 is 0.966. The predicted octanol–water partition coefficient (Wildman–Crippen LogP) is 4.34. The van der Waals surface area contributed by atoms with Crippen molar-refractivity contribution in [1.29, 1.82) is 5.26 Å². The van der Waals surface area contributed by atoms with Gasteiger partial charge in [-0.2, -0.15) is 5.26 Å². The molecule has 0 radical (unpaired) electrons. The summed E-state index contributed by atoms with van der Waals surface area (Å²) in [5.41, 5.74) is 1.81. The standard InChI is InChI=1S/C15H19BrN2/c1-11-5-3-4-6-14(11)18(2)15-8-7-13(16)9-12(15)10-17/h7-9,11,14H,3-6H2,1-2H3.